The number of aliphatic carboxylic acids is 1. The molecular weight excluding hydrogens is 290 g/mol. The van der Waals surface area contributed by atoms with Crippen LogP contribution in [0.4, 0.5) is 0 Å². The Morgan fingerprint density at radius 2 is 1.74 bits per heavy atom. The first kappa shape index (κ1) is 17.7. The van der Waals surface area contributed by atoms with Gasteiger partial charge in [-0.2, -0.15) is 0 Å². The molecule has 0 aliphatic carbocycles. The number of carbonyl (C=O) groups excluding carboxylic acids is 1. The maximum atomic E-state index is 13.1. The maximum absolute atomic E-state index is 13.1. The lowest BCUT2D eigenvalue weighted by molar-refractivity contribution is -0.143. The first-order chi connectivity index (χ1) is 10.7. The number of rotatable bonds is 4. The number of benzene rings is 1. The second-order valence-electron chi connectivity index (χ2n) is 6.85. The second kappa shape index (κ2) is 6.83. The standard InChI is InChI=1S/C19H27NO3/c1-11-9-12(2)14(4)17(13(11)3)18(21)15(5)20-8-6-7-16(10-20)19(22)23/h9,15-16H,6-8,10H2,1-5H3,(H,22,23). The Labute approximate surface area is 138 Å². The molecule has 1 saturated heterocycles. The Morgan fingerprint density at radius 3 is 2.26 bits per heavy atom. The van der Waals surface area contributed by atoms with Gasteiger partial charge in [-0.1, -0.05) is 6.07 Å². The molecule has 1 fully saturated rings. The van der Waals surface area contributed by atoms with Crippen molar-refractivity contribution >= 4 is 11.8 Å². The molecule has 1 N–H and O–H groups in total. The Kier molecular flexibility index (Phi) is 5.25. The molecule has 0 radical (unpaired) electrons. The summed E-state index contributed by atoms with van der Waals surface area (Å²) >= 11 is 0. The van der Waals surface area contributed by atoms with Crippen molar-refractivity contribution < 1.29 is 14.7 Å². The van der Waals surface area contributed by atoms with E-state index in [1.54, 1.807) is 0 Å². The molecule has 1 aliphatic heterocycles. The van der Waals surface area contributed by atoms with E-state index >= 15 is 0 Å². The minimum Gasteiger partial charge on any atom is -0.481 e. The number of carboxylic acid groups (broad SMARTS) is 1. The van der Waals surface area contributed by atoms with Crippen LogP contribution in [0.3, 0.4) is 0 Å². The van der Waals surface area contributed by atoms with Gasteiger partial charge in [0, 0.05) is 12.1 Å². The summed E-state index contributed by atoms with van der Waals surface area (Å²) in [5.74, 6) is -1.01. The van der Waals surface area contributed by atoms with Gasteiger partial charge in [0.1, 0.15) is 0 Å². The lowest BCUT2D eigenvalue weighted by atomic mass is 9.88. The zero-order valence-electron chi connectivity index (χ0n) is 14.8. The van der Waals surface area contributed by atoms with Crippen LogP contribution >= 0.6 is 0 Å². The molecule has 0 saturated carbocycles. The van der Waals surface area contributed by atoms with E-state index in [1.807, 2.05) is 39.5 Å². The van der Waals surface area contributed by atoms with E-state index < -0.39 is 5.97 Å². The van der Waals surface area contributed by atoms with Crippen LogP contribution in [0.1, 0.15) is 52.4 Å². The predicted molar refractivity (Wildman–Crippen MR) is 91.1 cm³/mol. The molecule has 2 rings (SSSR count). The van der Waals surface area contributed by atoms with Gasteiger partial charge in [0.15, 0.2) is 5.78 Å². The Bertz CT molecular complexity index is 610. The molecule has 4 nitrogen and oxygen atoms in total. The third kappa shape index (κ3) is 3.47. The summed E-state index contributed by atoms with van der Waals surface area (Å²) in [6.07, 6.45) is 1.54. The van der Waals surface area contributed by atoms with Gasteiger partial charge < -0.3 is 5.11 Å². The molecule has 1 heterocycles. The van der Waals surface area contributed by atoms with Crippen molar-refractivity contribution in [2.24, 2.45) is 5.92 Å². The average Bonchev–Trinajstić information content (AvgIpc) is 2.52. The van der Waals surface area contributed by atoms with Crippen molar-refractivity contribution in [2.75, 3.05) is 13.1 Å². The monoisotopic (exact) mass is 317 g/mol. The van der Waals surface area contributed by atoms with Crippen molar-refractivity contribution in [1.29, 1.82) is 0 Å². The van der Waals surface area contributed by atoms with Crippen LogP contribution in [-0.2, 0) is 4.79 Å². The smallest absolute Gasteiger partial charge is 0.307 e. The Hall–Kier alpha value is -1.68. The summed E-state index contributed by atoms with van der Waals surface area (Å²) in [7, 11) is 0. The maximum Gasteiger partial charge on any atom is 0.307 e. The van der Waals surface area contributed by atoms with E-state index in [-0.39, 0.29) is 17.7 Å². The number of Topliss-reactive ketones (excluding diaryl/α,β-unsaturated/α-hetero) is 1. The highest BCUT2D eigenvalue weighted by Crippen LogP contribution is 2.26. The molecule has 1 aliphatic rings. The fraction of sp³-hybridized carbons (Fsp3) is 0.579. The van der Waals surface area contributed by atoms with E-state index in [9.17, 15) is 14.7 Å². The number of aryl methyl sites for hydroxylation is 2. The molecule has 4 heteroatoms. The van der Waals surface area contributed by atoms with Crippen LogP contribution in [0.25, 0.3) is 0 Å². The number of carboxylic acids is 1. The van der Waals surface area contributed by atoms with Crippen molar-refractivity contribution in [3.05, 3.63) is 33.9 Å². The zero-order chi connectivity index (χ0) is 17.3. The summed E-state index contributed by atoms with van der Waals surface area (Å²) in [5.41, 5.74) is 5.15. The van der Waals surface area contributed by atoms with Crippen LogP contribution in [0.5, 0.6) is 0 Å². The van der Waals surface area contributed by atoms with E-state index in [0.29, 0.717) is 13.0 Å². The third-order valence-electron chi connectivity index (χ3n) is 5.34. The van der Waals surface area contributed by atoms with E-state index in [1.165, 1.54) is 0 Å². The number of carbonyl (C=O) groups is 2. The number of ketones is 1. The molecule has 23 heavy (non-hydrogen) atoms. The summed E-state index contributed by atoms with van der Waals surface area (Å²) in [6, 6.07) is 1.84. The highest BCUT2D eigenvalue weighted by atomic mass is 16.4. The normalized spacial score (nSPS) is 20.3. The minimum absolute atomic E-state index is 0.109. The Balaban J connectivity index is 2.28. The van der Waals surface area contributed by atoms with Gasteiger partial charge in [-0.25, -0.2) is 0 Å². The summed E-state index contributed by atoms with van der Waals surface area (Å²) in [5, 5.41) is 9.24. The molecule has 126 valence electrons. The van der Waals surface area contributed by atoms with Crippen LogP contribution in [0, 0.1) is 33.6 Å². The molecule has 1 aromatic rings. The molecule has 2 unspecified atom stereocenters. The van der Waals surface area contributed by atoms with E-state index in [0.717, 1.165) is 40.8 Å². The zero-order valence-corrected chi connectivity index (χ0v) is 14.8. The predicted octanol–water partition coefficient (Wildman–Crippen LogP) is 3.29. The van der Waals surface area contributed by atoms with Crippen molar-refractivity contribution in [1.82, 2.24) is 4.90 Å². The van der Waals surface area contributed by atoms with Gasteiger partial charge in [0.2, 0.25) is 0 Å². The highest BCUT2D eigenvalue weighted by Gasteiger charge is 2.32. The van der Waals surface area contributed by atoms with Crippen LogP contribution in [0.15, 0.2) is 6.07 Å². The van der Waals surface area contributed by atoms with Gasteiger partial charge in [-0.3, -0.25) is 14.5 Å². The number of nitrogens with zero attached hydrogens (tertiary/aromatic N) is 1. The third-order valence-corrected chi connectivity index (χ3v) is 5.34. The quantitative estimate of drug-likeness (QED) is 0.866. The molecule has 0 spiro atoms. The SMILES string of the molecule is Cc1cc(C)c(C)c(C(=O)C(C)N2CCCC(C(=O)O)C2)c1C. The second-order valence-corrected chi connectivity index (χ2v) is 6.85. The molecule has 0 bridgehead atoms. The van der Waals surface area contributed by atoms with Crippen LogP contribution in [-0.4, -0.2) is 40.9 Å². The molecule has 1 aromatic carbocycles. The summed E-state index contributed by atoms with van der Waals surface area (Å²) < 4.78 is 0. The number of hydrogen-bond acceptors (Lipinski definition) is 3. The first-order valence-electron chi connectivity index (χ1n) is 8.32. The highest BCUT2D eigenvalue weighted by molar-refractivity contribution is 6.02. The van der Waals surface area contributed by atoms with Crippen molar-refractivity contribution in [3.8, 4) is 0 Å². The number of hydrogen-bond donors (Lipinski definition) is 1. The van der Waals surface area contributed by atoms with Crippen LogP contribution in [0.2, 0.25) is 0 Å². The van der Waals surface area contributed by atoms with Crippen LogP contribution < -0.4 is 0 Å². The largest absolute Gasteiger partial charge is 0.481 e. The van der Waals surface area contributed by atoms with Gasteiger partial charge in [-0.15, -0.1) is 0 Å². The molecule has 0 aromatic heterocycles. The first-order valence-corrected chi connectivity index (χ1v) is 8.32. The van der Waals surface area contributed by atoms with Gasteiger partial charge in [0.25, 0.3) is 0 Å². The van der Waals surface area contributed by atoms with Gasteiger partial charge in [-0.05, 0) is 76.3 Å². The minimum atomic E-state index is -0.756. The van der Waals surface area contributed by atoms with Gasteiger partial charge >= 0.3 is 5.97 Å². The summed E-state index contributed by atoms with van der Waals surface area (Å²) in [4.78, 5) is 26.4. The van der Waals surface area contributed by atoms with Crippen molar-refractivity contribution in [2.45, 2.75) is 53.5 Å². The van der Waals surface area contributed by atoms with E-state index in [4.69, 9.17) is 0 Å². The fourth-order valence-corrected chi connectivity index (χ4v) is 3.52. The van der Waals surface area contributed by atoms with Crippen molar-refractivity contribution in [3.63, 3.8) is 0 Å². The topological polar surface area (TPSA) is 57.6 Å². The molecule has 0 amide bonds. The van der Waals surface area contributed by atoms with E-state index in [2.05, 4.69) is 6.07 Å². The number of piperidine rings is 1. The Morgan fingerprint density at radius 1 is 1.17 bits per heavy atom. The summed E-state index contributed by atoms with van der Waals surface area (Å²) in [6.45, 7) is 11.2. The van der Waals surface area contributed by atoms with Gasteiger partial charge in [0.05, 0.1) is 12.0 Å². The lowest BCUT2D eigenvalue weighted by Crippen LogP contribution is -2.47. The fourth-order valence-electron chi connectivity index (χ4n) is 3.52. The lowest BCUT2D eigenvalue weighted by Gasteiger charge is -2.35. The molecule has 2 atom stereocenters. The molecular formula is C19H27NO3. The number of likely N-dealkylation sites (tertiary alicyclic amines) is 1. The average molecular weight is 317 g/mol.